The predicted molar refractivity (Wildman–Crippen MR) is 100 cm³/mol. The van der Waals surface area contributed by atoms with Gasteiger partial charge in [-0.3, -0.25) is 4.79 Å². The summed E-state index contributed by atoms with van der Waals surface area (Å²) in [5.74, 6) is 0.835. The number of aromatic amines is 1. The van der Waals surface area contributed by atoms with Crippen LogP contribution < -0.4 is 10.1 Å². The number of benzene rings is 2. The summed E-state index contributed by atoms with van der Waals surface area (Å²) in [5, 5.41) is 4.75. The van der Waals surface area contributed by atoms with Crippen LogP contribution in [0.15, 0.2) is 42.5 Å². The molecule has 128 valence electrons. The van der Waals surface area contributed by atoms with E-state index in [1.807, 2.05) is 30.3 Å². The monoisotopic (exact) mass is 354 g/mol. The molecule has 5 heteroatoms. The topological polar surface area (TPSA) is 54.1 Å². The molecule has 1 aliphatic carbocycles. The Morgan fingerprint density at radius 1 is 1.28 bits per heavy atom. The molecule has 0 radical (unpaired) electrons. The molecule has 2 N–H and O–H groups in total. The van der Waals surface area contributed by atoms with E-state index in [0.717, 1.165) is 41.6 Å². The number of hydrogen-bond donors (Lipinski definition) is 2. The van der Waals surface area contributed by atoms with E-state index in [2.05, 4.69) is 10.3 Å². The minimum Gasteiger partial charge on any atom is -0.497 e. The molecule has 1 aromatic heterocycles. The second-order valence-corrected chi connectivity index (χ2v) is 6.87. The Labute approximate surface area is 151 Å². The maximum Gasteiger partial charge on any atom is 0.227 e. The zero-order chi connectivity index (χ0) is 17.4. The number of aryl methyl sites for hydroxylation is 1. The second kappa shape index (κ2) is 6.45. The van der Waals surface area contributed by atoms with Gasteiger partial charge in [0.05, 0.1) is 7.11 Å². The standard InChI is InChI=1S/C20H19ClN2O2/c1-25-15-6-8-19-17(11-15)16-9-12(5-7-18(16)23-19)20(24)22-14-4-2-3-13(21)10-14/h2-4,6,8,10-12,23H,5,7,9H2,1H3,(H,22,24). The van der Waals surface area contributed by atoms with Crippen molar-refractivity contribution in [2.45, 2.75) is 19.3 Å². The number of ether oxygens (including phenoxy) is 1. The summed E-state index contributed by atoms with van der Waals surface area (Å²) in [7, 11) is 1.67. The number of carbonyl (C=O) groups excluding carboxylic acids is 1. The van der Waals surface area contributed by atoms with Crippen molar-refractivity contribution in [3.05, 3.63) is 58.7 Å². The summed E-state index contributed by atoms with van der Waals surface area (Å²) in [6, 6.07) is 13.3. The molecule has 0 fully saturated rings. The Bertz CT molecular complexity index is 948. The quantitative estimate of drug-likeness (QED) is 0.723. The van der Waals surface area contributed by atoms with E-state index in [1.165, 1.54) is 11.3 Å². The Hall–Kier alpha value is -2.46. The van der Waals surface area contributed by atoms with Crippen LogP contribution in [0, 0.1) is 5.92 Å². The number of nitrogens with one attached hydrogen (secondary N) is 2. The number of methoxy groups -OCH3 is 1. The SMILES string of the molecule is COc1ccc2[nH]c3c(c2c1)CC(C(=O)Nc1cccc(Cl)c1)CC3. The van der Waals surface area contributed by atoms with Crippen molar-refractivity contribution in [1.29, 1.82) is 0 Å². The highest BCUT2D eigenvalue weighted by molar-refractivity contribution is 6.30. The first-order valence-electron chi connectivity index (χ1n) is 8.38. The molecule has 1 aliphatic rings. The first-order valence-corrected chi connectivity index (χ1v) is 8.76. The van der Waals surface area contributed by atoms with Crippen LogP contribution in [0.4, 0.5) is 5.69 Å². The van der Waals surface area contributed by atoms with Gasteiger partial charge >= 0.3 is 0 Å². The van der Waals surface area contributed by atoms with Gasteiger partial charge in [-0.25, -0.2) is 0 Å². The number of H-pyrrole nitrogens is 1. The lowest BCUT2D eigenvalue weighted by atomic mass is 9.85. The minimum absolute atomic E-state index is 0.0447. The number of aromatic nitrogens is 1. The van der Waals surface area contributed by atoms with Crippen molar-refractivity contribution in [3.8, 4) is 5.75 Å². The van der Waals surface area contributed by atoms with Crippen LogP contribution in [0.5, 0.6) is 5.75 Å². The first-order chi connectivity index (χ1) is 12.1. The summed E-state index contributed by atoms with van der Waals surface area (Å²) in [5.41, 5.74) is 4.30. The predicted octanol–water partition coefficient (Wildman–Crippen LogP) is 4.57. The fraction of sp³-hybridized carbons (Fsp3) is 0.250. The summed E-state index contributed by atoms with van der Waals surface area (Å²) in [6.45, 7) is 0. The Morgan fingerprint density at radius 2 is 2.16 bits per heavy atom. The fourth-order valence-corrected chi connectivity index (χ4v) is 3.75. The zero-order valence-corrected chi connectivity index (χ0v) is 14.7. The lowest BCUT2D eigenvalue weighted by Crippen LogP contribution is -2.28. The molecular formula is C20H19ClN2O2. The van der Waals surface area contributed by atoms with Crippen LogP contribution in [0.2, 0.25) is 5.02 Å². The zero-order valence-electron chi connectivity index (χ0n) is 13.9. The minimum atomic E-state index is -0.0447. The Kier molecular flexibility index (Phi) is 4.14. The summed E-state index contributed by atoms with van der Waals surface area (Å²) >= 11 is 5.99. The number of carbonyl (C=O) groups is 1. The van der Waals surface area contributed by atoms with Gasteiger partial charge in [-0.2, -0.15) is 0 Å². The highest BCUT2D eigenvalue weighted by atomic mass is 35.5. The van der Waals surface area contributed by atoms with Gasteiger partial charge in [-0.15, -0.1) is 0 Å². The molecule has 1 atom stereocenters. The molecule has 1 amide bonds. The summed E-state index contributed by atoms with van der Waals surface area (Å²) in [6.07, 6.45) is 2.44. The van der Waals surface area contributed by atoms with E-state index in [-0.39, 0.29) is 11.8 Å². The number of anilines is 1. The van der Waals surface area contributed by atoms with Crippen LogP contribution in [0.25, 0.3) is 10.9 Å². The van der Waals surface area contributed by atoms with Crippen molar-refractivity contribution in [1.82, 2.24) is 4.98 Å². The second-order valence-electron chi connectivity index (χ2n) is 6.43. The summed E-state index contributed by atoms with van der Waals surface area (Å²) < 4.78 is 5.34. The van der Waals surface area contributed by atoms with Gasteiger partial charge in [0.1, 0.15) is 5.75 Å². The summed E-state index contributed by atoms with van der Waals surface area (Å²) in [4.78, 5) is 16.2. The molecular weight excluding hydrogens is 336 g/mol. The highest BCUT2D eigenvalue weighted by Crippen LogP contribution is 2.34. The highest BCUT2D eigenvalue weighted by Gasteiger charge is 2.27. The van der Waals surface area contributed by atoms with E-state index in [0.29, 0.717) is 5.02 Å². The third-order valence-electron chi connectivity index (χ3n) is 4.86. The lowest BCUT2D eigenvalue weighted by Gasteiger charge is -2.22. The molecule has 0 aliphatic heterocycles. The van der Waals surface area contributed by atoms with E-state index >= 15 is 0 Å². The van der Waals surface area contributed by atoms with Gasteiger partial charge in [0.25, 0.3) is 0 Å². The Balaban J connectivity index is 1.58. The fourth-order valence-electron chi connectivity index (χ4n) is 3.56. The van der Waals surface area contributed by atoms with Crippen LogP contribution >= 0.6 is 11.6 Å². The molecule has 0 bridgehead atoms. The van der Waals surface area contributed by atoms with Crippen molar-refractivity contribution in [2.75, 3.05) is 12.4 Å². The number of halogens is 1. The molecule has 1 unspecified atom stereocenters. The van der Waals surface area contributed by atoms with Crippen LogP contribution in [-0.4, -0.2) is 18.0 Å². The van der Waals surface area contributed by atoms with Crippen LogP contribution in [0.1, 0.15) is 17.7 Å². The molecule has 1 heterocycles. The van der Waals surface area contributed by atoms with Crippen LogP contribution in [-0.2, 0) is 17.6 Å². The van der Waals surface area contributed by atoms with Gasteiger partial charge in [0, 0.05) is 33.2 Å². The largest absolute Gasteiger partial charge is 0.497 e. The van der Waals surface area contributed by atoms with Gasteiger partial charge < -0.3 is 15.0 Å². The third kappa shape index (κ3) is 3.10. The molecule has 4 nitrogen and oxygen atoms in total. The molecule has 4 rings (SSSR count). The van der Waals surface area contributed by atoms with Gasteiger partial charge in [-0.05, 0) is 61.2 Å². The van der Waals surface area contributed by atoms with E-state index in [9.17, 15) is 4.79 Å². The first kappa shape index (κ1) is 16.0. The average Bonchev–Trinajstić information content (AvgIpc) is 2.98. The van der Waals surface area contributed by atoms with Gasteiger partial charge in [0.15, 0.2) is 0 Å². The lowest BCUT2D eigenvalue weighted by molar-refractivity contribution is -0.120. The van der Waals surface area contributed by atoms with E-state index < -0.39 is 0 Å². The molecule has 0 spiro atoms. The van der Waals surface area contributed by atoms with Crippen molar-refractivity contribution in [2.24, 2.45) is 5.92 Å². The molecule has 2 aromatic carbocycles. The molecule has 0 saturated carbocycles. The number of rotatable bonds is 3. The molecule has 3 aromatic rings. The number of amides is 1. The van der Waals surface area contributed by atoms with E-state index in [4.69, 9.17) is 16.3 Å². The molecule has 25 heavy (non-hydrogen) atoms. The van der Waals surface area contributed by atoms with Crippen molar-refractivity contribution < 1.29 is 9.53 Å². The van der Waals surface area contributed by atoms with Gasteiger partial charge in [0.2, 0.25) is 5.91 Å². The normalized spacial score (nSPS) is 16.5. The third-order valence-corrected chi connectivity index (χ3v) is 5.09. The van der Waals surface area contributed by atoms with Crippen LogP contribution in [0.3, 0.4) is 0 Å². The maximum atomic E-state index is 12.7. The Morgan fingerprint density at radius 3 is 2.96 bits per heavy atom. The van der Waals surface area contributed by atoms with E-state index in [1.54, 1.807) is 19.2 Å². The maximum absolute atomic E-state index is 12.7. The van der Waals surface area contributed by atoms with Crippen molar-refractivity contribution in [3.63, 3.8) is 0 Å². The van der Waals surface area contributed by atoms with Gasteiger partial charge in [-0.1, -0.05) is 17.7 Å². The number of hydrogen-bond acceptors (Lipinski definition) is 2. The average molecular weight is 355 g/mol. The smallest absolute Gasteiger partial charge is 0.227 e. The molecule has 0 saturated heterocycles. The van der Waals surface area contributed by atoms with Crippen molar-refractivity contribution >= 4 is 34.1 Å². The number of fused-ring (bicyclic) bond motifs is 3.